The molecule has 9 heteroatoms. The molecule has 192 valence electrons. The van der Waals surface area contributed by atoms with E-state index in [4.69, 9.17) is 10.2 Å². The van der Waals surface area contributed by atoms with E-state index < -0.39 is 29.8 Å². The second-order valence-electron chi connectivity index (χ2n) is 10.3. The Balaban J connectivity index is 1.34. The molecule has 0 bridgehead atoms. The SMILES string of the molecule is Cc1cccc(Cc2nnc(C(=O)C(NC(=O)[C@@H]3Cc4cccc5c4N3C(=O)[C@@H](N)CC5)C(C)C)o2)c1. The number of nitrogens with two attached hydrogens (primary N) is 1. The predicted octanol–water partition coefficient (Wildman–Crippen LogP) is 2.52. The van der Waals surface area contributed by atoms with Crippen LogP contribution in [-0.2, 0) is 28.9 Å². The summed E-state index contributed by atoms with van der Waals surface area (Å²) in [6.45, 7) is 5.67. The van der Waals surface area contributed by atoms with E-state index in [1.54, 1.807) is 0 Å². The molecule has 3 aromatic rings. The van der Waals surface area contributed by atoms with Crippen molar-refractivity contribution in [3.05, 3.63) is 76.5 Å². The Kier molecular flexibility index (Phi) is 6.64. The molecule has 5 rings (SSSR count). The molecular formula is C28H31N5O4. The quantitative estimate of drug-likeness (QED) is 0.476. The molecule has 1 unspecified atom stereocenters. The summed E-state index contributed by atoms with van der Waals surface area (Å²) >= 11 is 0. The molecule has 3 atom stereocenters. The monoisotopic (exact) mass is 501 g/mol. The number of hydrogen-bond donors (Lipinski definition) is 2. The Hall–Kier alpha value is -3.85. The summed E-state index contributed by atoms with van der Waals surface area (Å²) in [6.07, 6.45) is 1.97. The lowest BCUT2D eigenvalue weighted by molar-refractivity contribution is -0.127. The minimum atomic E-state index is -0.890. The van der Waals surface area contributed by atoms with Gasteiger partial charge in [0.25, 0.3) is 5.89 Å². The van der Waals surface area contributed by atoms with Crippen molar-refractivity contribution in [2.45, 2.75) is 64.6 Å². The number of anilines is 1. The smallest absolute Gasteiger partial charge is 0.286 e. The van der Waals surface area contributed by atoms with Crippen molar-refractivity contribution in [1.29, 1.82) is 0 Å². The summed E-state index contributed by atoms with van der Waals surface area (Å²) in [6, 6.07) is 11.4. The number of rotatable bonds is 7. The van der Waals surface area contributed by atoms with Crippen LogP contribution in [0, 0.1) is 12.8 Å². The van der Waals surface area contributed by atoms with E-state index in [2.05, 4.69) is 15.5 Å². The molecule has 9 nitrogen and oxygen atoms in total. The third-order valence-electron chi connectivity index (χ3n) is 7.11. The maximum absolute atomic E-state index is 13.5. The lowest BCUT2D eigenvalue weighted by Crippen LogP contribution is -2.56. The lowest BCUT2D eigenvalue weighted by atomic mass is 9.98. The molecule has 2 amide bonds. The first-order valence-electron chi connectivity index (χ1n) is 12.6. The third-order valence-corrected chi connectivity index (χ3v) is 7.11. The van der Waals surface area contributed by atoms with Crippen molar-refractivity contribution in [1.82, 2.24) is 15.5 Å². The molecule has 0 radical (unpaired) electrons. The molecule has 0 aliphatic carbocycles. The minimum absolute atomic E-state index is 0.147. The van der Waals surface area contributed by atoms with Gasteiger partial charge in [0.05, 0.1) is 24.2 Å². The number of hydrogen-bond acceptors (Lipinski definition) is 7. The topological polar surface area (TPSA) is 131 Å². The Morgan fingerprint density at radius 3 is 2.68 bits per heavy atom. The largest absolute Gasteiger partial charge is 0.418 e. The number of aryl methyl sites for hydroxylation is 2. The van der Waals surface area contributed by atoms with Crippen LogP contribution in [0.1, 0.15) is 59.1 Å². The molecule has 0 fully saturated rings. The molecular weight excluding hydrogens is 470 g/mol. The molecule has 2 aliphatic rings. The Labute approximate surface area is 215 Å². The van der Waals surface area contributed by atoms with E-state index in [-0.39, 0.29) is 17.7 Å². The third kappa shape index (κ3) is 4.79. The highest BCUT2D eigenvalue weighted by Crippen LogP contribution is 2.38. The summed E-state index contributed by atoms with van der Waals surface area (Å²) in [5.41, 5.74) is 11.0. The van der Waals surface area contributed by atoms with Crippen LogP contribution in [0.3, 0.4) is 0 Å². The number of nitrogens with zero attached hydrogens (tertiary/aromatic N) is 3. The highest BCUT2D eigenvalue weighted by molar-refractivity contribution is 6.08. The van der Waals surface area contributed by atoms with E-state index in [1.165, 1.54) is 4.90 Å². The van der Waals surface area contributed by atoms with Crippen molar-refractivity contribution >= 4 is 23.3 Å². The average molecular weight is 502 g/mol. The zero-order valence-electron chi connectivity index (χ0n) is 21.2. The molecule has 0 saturated carbocycles. The van der Waals surface area contributed by atoms with Crippen LogP contribution in [0.4, 0.5) is 5.69 Å². The maximum atomic E-state index is 13.5. The van der Waals surface area contributed by atoms with Crippen molar-refractivity contribution in [2.24, 2.45) is 11.7 Å². The van der Waals surface area contributed by atoms with Gasteiger partial charge >= 0.3 is 0 Å². The summed E-state index contributed by atoms with van der Waals surface area (Å²) in [4.78, 5) is 41.6. The van der Waals surface area contributed by atoms with Crippen LogP contribution in [0.2, 0.25) is 0 Å². The Bertz CT molecular complexity index is 1360. The lowest BCUT2D eigenvalue weighted by Gasteiger charge is -2.28. The first-order valence-corrected chi connectivity index (χ1v) is 12.6. The number of ketones is 1. The first kappa shape index (κ1) is 24.8. The van der Waals surface area contributed by atoms with Gasteiger partial charge in [-0.1, -0.05) is 61.9 Å². The van der Waals surface area contributed by atoms with Gasteiger partial charge in [0, 0.05) is 6.42 Å². The van der Waals surface area contributed by atoms with Crippen LogP contribution < -0.4 is 16.0 Å². The summed E-state index contributed by atoms with van der Waals surface area (Å²) in [5.74, 6) is -1.20. The molecule has 1 aromatic heterocycles. The zero-order chi connectivity index (χ0) is 26.3. The summed E-state index contributed by atoms with van der Waals surface area (Å²) < 4.78 is 5.69. The number of carbonyl (C=O) groups excluding carboxylic acids is 3. The van der Waals surface area contributed by atoms with Gasteiger partial charge in [0.15, 0.2) is 0 Å². The maximum Gasteiger partial charge on any atom is 0.286 e. The fourth-order valence-corrected chi connectivity index (χ4v) is 5.20. The van der Waals surface area contributed by atoms with Gasteiger partial charge in [0.2, 0.25) is 23.5 Å². The van der Waals surface area contributed by atoms with Gasteiger partial charge in [-0.3, -0.25) is 19.3 Å². The van der Waals surface area contributed by atoms with E-state index in [9.17, 15) is 14.4 Å². The van der Waals surface area contributed by atoms with Crippen molar-refractivity contribution in [3.63, 3.8) is 0 Å². The average Bonchev–Trinajstić information content (AvgIpc) is 3.46. The van der Waals surface area contributed by atoms with Crippen molar-refractivity contribution in [3.8, 4) is 0 Å². The van der Waals surface area contributed by atoms with E-state index in [1.807, 2.05) is 63.2 Å². The number of para-hydroxylation sites is 1. The Morgan fingerprint density at radius 1 is 1.16 bits per heavy atom. The van der Waals surface area contributed by atoms with Gasteiger partial charge < -0.3 is 15.5 Å². The number of benzene rings is 2. The number of Topliss-reactive ketones (excluding diaryl/α,β-unsaturated/α-hetero) is 1. The number of amides is 2. The highest BCUT2D eigenvalue weighted by Gasteiger charge is 2.44. The molecule has 2 aromatic carbocycles. The van der Waals surface area contributed by atoms with Crippen molar-refractivity contribution < 1.29 is 18.8 Å². The molecule has 3 N–H and O–H groups in total. The second kappa shape index (κ2) is 9.89. The second-order valence-corrected chi connectivity index (χ2v) is 10.3. The molecule has 3 heterocycles. The van der Waals surface area contributed by atoms with Crippen LogP contribution in [-0.4, -0.2) is 45.9 Å². The fraction of sp³-hybridized carbons (Fsp3) is 0.393. The highest BCUT2D eigenvalue weighted by atomic mass is 16.4. The van der Waals surface area contributed by atoms with E-state index >= 15 is 0 Å². The minimum Gasteiger partial charge on any atom is -0.418 e. The number of nitrogens with one attached hydrogen (secondary N) is 1. The fourth-order valence-electron chi connectivity index (χ4n) is 5.20. The molecule has 0 saturated heterocycles. The molecule has 0 spiro atoms. The summed E-state index contributed by atoms with van der Waals surface area (Å²) in [5, 5.41) is 10.9. The first-order chi connectivity index (χ1) is 17.7. The van der Waals surface area contributed by atoms with Crippen LogP contribution in [0.5, 0.6) is 0 Å². The normalized spacial score (nSPS) is 19.5. The van der Waals surface area contributed by atoms with Gasteiger partial charge in [-0.2, -0.15) is 0 Å². The van der Waals surface area contributed by atoms with Gasteiger partial charge in [-0.25, -0.2) is 0 Å². The Morgan fingerprint density at radius 2 is 1.92 bits per heavy atom. The number of aromatic nitrogens is 2. The molecule has 2 aliphatic heterocycles. The van der Waals surface area contributed by atoms with Crippen LogP contribution in [0.15, 0.2) is 46.9 Å². The summed E-state index contributed by atoms with van der Waals surface area (Å²) in [7, 11) is 0. The molecule has 37 heavy (non-hydrogen) atoms. The predicted molar refractivity (Wildman–Crippen MR) is 137 cm³/mol. The van der Waals surface area contributed by atoms with Crippen LogP contribution >= 0.6 is 0 Å². The van der Waals surface area contributed by atoms with Gasteiger partial charge in [-0.05, 0) is 42.4 Å². The zero-order valence-corrected chi connectivity index (χ0v) is 21.2. The standard InChI is InChI=1S/C28H31N5O4/c1-15(2)23(25(34)27-32-31-22(37-27)13-17-7-4-6-16(3)12-17)30-26(35)21-14-19-9-5-8-18-10-11-20(29)28(36)33(21)24(18)19/h4-9,12,15,20-21,23H,10-11,13-14,29H2,1-3H3,(H,30,35)/t20-,21-,23?/m0/s1. The van der Waals surface area contributed by atoms with Gasteiger partial charge in [-0.15, -0.1) is 10.2 Å². The van der Waals surface area contributed by atoms with Crippen LogP contribution in [0.25, 0.3) is 0 Å². The van der Waals surface area contributed by atoms with E-state index in [0.717, 1.165) is 27.9 Å². The number of carbonyl (C=O) groups is 3. The van der Waals surface area contributed by atoms with E-state index in [0.29, 0.717) is 31.6 Å². The van der Waals surface area contributed by atoms with Crippen molar-refractivity contribution in [2.75, 3.05) is 4.90 Å². The van der Waals surface area contributed by atoms with Gasteiger partial charge in [0.1, 0.15) is 6.04 Å².